The Kier molecular flexibility index (Phi) is 5.56. The van der Waals surface area contributed by atoms with Crippen molar-refractivity contribution >= 4 is 23.6 Å². The Morgan fingerprint density at radius 3 is 2.00 bits per heavy atom. The average molecular weight is 311 g/mol. The van der Waals surface area contributed by atoms with Crippen LogP contribution in [0, 0.1) is 10.1 Å². The largest absolute Gasteiger partial charge is 0.426 e. The summed E-state index contributed by atoms with van der Waals surface area (Å²) in [5.41, 5.74) is -0.351. The summed E-state index contributed by atoms with van der Waals surface area (Å²) in [6.45, 7) is 3.27. The first-order chi connectivity index (χ1) is 10.2. The summed E-state index contributed by atoms with van der Waals surface area (Å²) >= 11 is 0. The first-order valence-corrected chi connectivity index (χ1v) is 6.02. The fourth-order valence-electron chi connectivity index (χ4n) is 1.53. The first-order valence-electron chi connectivity index (χ1n) is 6.02. The van der Waals surface area contributed by atoms with E-state index < -0.39 is 29.1 Å². The molecule has 0 amide bonds. The second-order valence-corrected chi connectivity index (χ2v) is 4.12. The highest BCUT2D eigenvalue weighted by atomic mass is 16.7. The molecule has 0 N–H and O–H groups in total. The molecule has 9 heteroatoms. The number of carbonyl (C=O) groups is 3. The van der Waals surface area contributed by atoms with Gasteiger partial charge in [0.15, 0.2) is 0 Å². The second kappa shape index (κ2) is 7.16. The summed E-state index contributed by atoms with van der Waals surface area (Å²) in [5.74, 6) is -2.49. The van der Waals surface area contributed by atoms with E-state index in [0.29, 0.717) is 0 Å². The molecule has 118 valence electrons. The molecule has 0 heterocycles. The molecule has 0 aliphatic carbocycles. The van der Waals surface area contributed by atoms with Crippen LogP contribution in [-0.4, -0.2) is 22.8 Å². The lowest BCUT2D eigenvalue weighted by atomic mass is 10.1. The second-order valence-electron chi connectivity index (χ2n) is 4.12. The SMILES string of the molecule is CC(=O)Oc1cc([N+](=O)[O-])ccc1C(OC(C)=O)OC(C)=O. The molecule has 0 atom stereocenters. The predicted octanol–water partition coefficient (Wildman–Crippen LogP) is 1.64. The van der Waals surface area contributed by atoms with Crippen molar-refractivity contribution in [3.8, 4) is 5.75 Å². The van der Waals surface area contributed by atoms with Crippen molar-refractivity contribution < 1.29 is 33.5 Å². The van der Waals surface area contributed by atoms with Gasteiger partial charge in [0.2, 0.25) is 0 Å². The van der Waals surface area contributed by atoms with E-state index in [1.54, 1.807) is 0 Å². The Hall–Kier alpha value is -2.97. The summed E-state index contributed by atoms with van der Waals surface area (Å²) in [7, 11) is 0. The van der Waals surface area contributed by atoms with Gasteiger partial charge in [0, 0.05) is 26.8 Å². The number of nitro groups is 1. The van der Waals surface area contributed by atoms with Gasteiger partial charge in [-0.15, -0.1) is 0 Å². The third-order valence-corrected chi connectivity index (χ3v) is 2.26. The molecule has 0 spiro atoms. The fraction of sp³-hybridized carbons (Fsp3) is 0.308. The highest BCUT2D eigenvalue weighted by molar-refractivity contribution is 5.71. The van der Waals surface area contributed by atoms with Crippen molar-refractivity contribution in [2.75, 3.05) is 0 Å². The van der Waals surface area contributed by atoms with Gasteiger partial charge in [-0.3, -0.25) is 24.5 Å². The number of carbonyl (C=O) groups excluding carboxylic acids is 3. The average Bonchev–Trinajstić information content (AvgIpc) is 2.35. The standard InChI is InChI=1S/C13H13NO8/c1-7(15)20-12-6-10(14(18)19)4-5-11(12)13(21-8(2)16)22-9(3)17/h4-6,13H,1-3H3. The third kappa shape index (κ3) is 4.85. The highest BCUT2D eigenvalue weighted by Crippen LogP contribution is 2.32. The zero-order valence-electron chi connectivity index (χ0n) is 12.0. The quantitative estimate of drug-likeness (QED) is 0.264. The molecule has 9 nitrogen and oxygen atoms in total. The topological polar surface area (TPSA) is 122 Å². The molecule has 0 saturated heterocycles. The number of ether oxygens (including phenoxy) is 3. The maximum atomic E-state index is 11.1. The molecule has 0 unspecified atom stereocenters. The Labute approximate surface area is 124 Å². The van der Waals surface area contributed by atoms with E-state index >= 15 is 0 Å². The van der Waals surface area contributed by atoms with Gasteiger partial charge in [0.05, 0.1) is 16.6 Å². The molecule has 0 aliphatic rings. The number of non-ortho nitro benzene ring substituents is 1. The van der Waals surface area contributed by atoms with E-state index in [9.17, 15) is 24.5 Å². The maximum Gasteiger partial charge on any atom is 0.308 e. The van der Waals surface area contributed by atoms with Gasteiger partial charge in [0.25, 0.3) is 12.0 Å². The number of hydrogen-bond donors (Lipinski definition) is 0. The van der Waals surface area contributed by atoms with Crippen LogP contribution in [-0.2, 0) is 23.9 Å². The Morgan fingerprint density at radius 2 is 1.59 bits per heavy atom. The molecule has 0 saturated carbocycles. The molecule has 1 rings (SSSR count). The van der Waals surface area contributed by atoms with Crippen LogP contribution in [0.25, 0.3) is 0 Å². The Bertz CT molecular complexity index is 608. The monoisotopic (exact) mass is 311 g/mol. The number of nitrogens with zero attached hydrogens (tertiary/aromatic N) is 1. The van der Waals surface area contributed by atoms with E-state index in [-0.39, 0.29) is 17.0 Å². The Balaban J connectivity index is 3.32. The summed E-state index contributed by atoms with van der Waals surface area (Å²) in [4.78, 5) is 43.4. The van der Waals surface area contributed by atoms with Crippen LogP contribution in [0.1, 0.15) is 32.6 Å². The van der Waals surface area contributed by atoms with Crippen LogP contribution in [0.15, 0.2) is 18.2 Å². The lowest BCUT2D eigenvalue weighted by molar-refractivity contribution is -0.384. The number of rotatable bonds is 5. The minimum absolute atomic E-state index is 0.00815. The lowest BCUT2D eigenvalue weighted by Crippen LogP contribution is -2.17. The van der Waals surface area contributed by atoms with E-state index in [2.05, 4.69) is 0 Å². The molecular weight excluding hydrogens is 298 g/mol. The van der Waals surface area contributed by atoms with Gasteiger partial charge in [-0.2, -0.15) is 0 Å². The van der Waals surface area contributed by atoms with Crippen LogP contribution >= 0.6 is 0 Å². The third-order valence-electron chi connectivity index (χ3n) is 2.26. The van der Waals surface area contributed by atoms with Crippen LogP contribution in [0.2, 0.25) is 0 Å². The molecule has 0 fully saturated rings. The molecule has 0 aliphatic heterocycles. The van der Waals surface area contributed by atoms with Crippen LogP contribution < -0.4 is 4.74 Å². The van der Waals surface area contributed by atoms with Gasteiger partial charge in [-0.1, -0.05) is 0 Å². The molecule has 1 aromatic rings. The van der Waals surface area contributed by atoms with Crippen molar-refractivity contribution in [3.05, 3.63) is 33.9 Å². The minimum atomic E-state index is -1.48. The molecule has 0 bridgehead atoms. The number of nitro benzene ring substituents is 1. The number of hydrogen-bond acceptors (Lipinski definition) is 8. The smallest absolute Gasteiger partial charge is 0.308 e. The molecular formula is C13H13NO8. The van der Waals surface area contributed by atoms with Crippen LogP contribution in [0.5, 0.6) is 5.75 Å². The lowest BCUT2D eigenvalue weighted by Gasteiger charge is -2.19. The van der Waals surface area contributed by atoms with Gasteiger partial charge < -0.3 is 14.2 Å². The molecule has 22 heavy (non-hydrogen) atoms. The van der Waals surface area contributed by atoms with Crippen LogP contribution in [0.3, 0.4) is 0 Å². The summed E-state index contributed by atoms with van der Waals surface area (Å²) < 4.78 is 14.5. The first kappa shape index (κ1) is 17.1. The predicted molar refractivity (Wildman–Crippen MR) is 70.7 cm³/mol. The van der Waals surface area contributed by atoms with Gasteiger partial charge in [-0.25, -0.2) is 0 Å². The molecule has 0 aromatic heterocycles. The molecule has 0 radical (unpaired) electrons. The highest BCUT2D eigenvalue weighted by Gasteiger charge is 2.25. The van der Waals surface area contributed by atoms with Gasteiger partial charge in [0.1, 0.15) is 5.75 Å². The van der Waals surface area contributed by atoms with Crippen molar-refractivity contribution in [1.82, 2.24) is 0 Å². The summed E-state index contributed by atoms with van der Waals surface area (Å²) in [5, 5.41) is 10.8. The Morgan fingerprint density at radius 1 is 1.05 bits per heavy atom. The van der Waals surface area contributed by atoms with E-state index in [1.165, 1.54) is 6.07 Å². The zero-order chi connectivity index (χ0) is 16.9. The fourth-order valence-corrected chi connectivity index (χ4v) is 1.53. The maximum absolute atomic E-state index is 11.1. The molecule has 1 aromatic carbocycles. The minimum Gasteiger partial charge on any atom is -0.426 e. The van der Waals surface area contributed by atoms with E-state index in [0.717, 1.165) is 32.9 Å². The van der Waals surface area contributed by atoms with Crippen LogP contribution in [0.4, 0.5) is 5.69 Å². The zero-order valence-corrected chi connectivity index (χ0v) is 12.0. The summed E-state index contributed by atoms with van der Waals surface area (Å²) in [6, 6.07) is 3.24. The van der Waals surface area contributed by atoms with E-state index in [4.69, 9.17) is 14.2 Å². The number of esters is 3. The van der Waals surface area contributed by atoms with Crippen molar-refractivity contribution in [1.29, 1.82) is 0 Å². The van der Waals surface area contributed by atoms with Gasteiger partial charge in [-0.05, 0) is 6.07 Å². The van der Waals surface area contributed by atoms with Crippen molar-refractivity contribution in [2.24, 2.45) is 0 Å². The van der Waals surface area contributed by atoms with E-state index in [1.807, 2.05) is 0 Å². The van der Waals surface area contributed by atoms with Gasteiger partial charge >= 0.3 is 17.9 Å². The van der Waals surface area contributed by atoms with Crippen molar-refractivity contribution in [2.45, 2.75) is 27.1 Å². The number of benzene rings is 1. The normalized spacial score (nSPS) is 10.0. The van der Waals surface area contributed by atoms with Crippen molar-refractivity contribution in [3.63, 3.8) is 0 Å². The summed E-state index contributed by atoms with van der Waals surface area (Å²) in [6.07, 6.45) is -1.48.